The number of hydrogen-bond donors (Lipinski definition) is 0. The van der Waals surface area contributed by atoms with Gasteiger partial charge in [0.05, 0.1) is 19.4 Å². The number of nitrogens with zero attached hydrogens (tertiary/aromatic N) is 3. The van der Waals surface area contributed by atoms with Crippen molar-refractivity contribution in [3.05, 3.63) is 53.9 Å². The normalized spacial score (nSPS) is 17.1. The summed E-state index contributed by atoms with van der Waals surface area (Å²) in [5, 5.41) is 2.40. The smallest absolute Gasteiger partial charge is 0.225 e. The maximum Gasteiger partial charge on any atom is 0.225 e. The number of carbonyl (C=O) groups excluding carboxylic acids is 1. The zero-order valence-electron chi connectivity index (χ0n) is 17.5. The highest BCUT2D eigenvalue weighted by Crippen LogP contribution is 2.38. The van der Waals surface area contributed by atoms with Crippen LogP contribution in [0.2, 0.25) is 0 Å². The average Bonchev–Trinajstić information content (AvgIpc) is 3.53. The lowest BCUT2D eigenvalue weighted by Crippen LogP contribution is -2.37. The van der Waals surface area contributed by atoms with Gasteiger partial charge in [0.25, 0.3) is 0 Å². The number of morpholine rings is 1. The summed E-state index contributed by atoms with van der Waals surface area (Å²) in [7, 11) is 0. The minimum absolute atomic E-state index is 0.258. The number of ether oxygens (including phenoxy) is 1. The number of hydrogen-bond acceptors (Lipinski definition) is 5. The first-order valence-corrected chi connectivity index (χ1v) is 11.1. The van der Waals surface area contributed by atoms with E-state index in [9.17, 15) is 4.79 Å². The van der Waals surface area contributed by atoms with E-state index < -0.39 is 0 Å². The molecule has 1 saturated heterocycles. The number of carbonyl (C=O) groups is 1. The first-order valence-electron chi connectivity index (χ1n) is 11.1. The van der Waals surface area contributed by atoms with Crippen molar-refractivity contribution in [1.29, 1.82) is 0 Å². The van der Waals surface area contributed by atoms with Gasteiger partial charge in [0.1, 0.15) is 6.26 Å². The topological polar surface area (TPSA) is 60.5 Å². The molecule has 1 aliphatic heterocycles. The Balaban J connectivity index is 1.45. The number of ketones is 1. The summed E-state index contributed by atoms with van der Waals surface area (Å²) in [6.07, 6.45) is 5.78. The zero-order valence-corrected chi connectivity index (χ0v) is 17.5. The first-order chi connectivity index (χ1) is 15.3. The van der Waals surface area contributed by atoms with E-state index >= 15 is 0 Å². The van der Waals surface area contributed by atoms with Gasteiger partial charge in [-0.2, -0.15) is 0 Å². The van der Waals surface area contributed by atoms with Crippen LogP contribution in [0.5, 0.6) is 0 Å². The fraction of sp³-hybridized carbons (Fsp3) is 0.360. The molecule has 31 heavy (non-hydrogen) atoms. The van der Waals surface area contributed by atoms with Gasteiger partial charge >= 0.3 is 0 Å². The molecule has 6 nitrogen and oxygen atoms in total. The molecule has 2 aromatic heterocycles. The summed E-state index contributed by atoms with van der Waals surface area (Å²) in [6.45, 7) is 5.72. The van der Waals surface area contributed by atoms with E-state index in [0.29, 0.717) is 12.3 Å². The minimum Gasteiger partial charge on any atom is -0.445 e. The summed E-state index contributed by atoms with van der Waals surface area (Å²) in [4.78, 5) is 19.2. The molecule has 0 saturated carbocycles. The SMILES string of the molecule is O=C1CCc2c1ccc1c2c2cc(-c3ncco3)ccc2n1CCCN1CCOCC1. The lowest BCUT2D eigenvalue weighted by molar-refractivity contribution is 0.0370. The van der Waals surface area contributed by atoms with Gasteiger partial charge < -0.3 is 13.7 Å². The quantitative estimate of drug-likeness (QED) is 0.486. The third-order valence-electron chi connectivity index (χ3n) is 6.68. The van der Waals surface area contributed by atoms with E-state index in [1.807, 2.05) is 6.07 Å². The molecule has 0 bridgehead atoms. The Kier molecular flexibility index (Phi) is 4.62. The van der Waals surface area contributed by atoms with Gasteiger partial charge in [-0.3, -0.25) is 9.69 Å². The Morgan fingerprint density at radius 1 is 1.00 bits per heavy atom. The third-order valence-corrected chi connectivity index (χ3v) is 6.68. The Labute approximate surface area is 180 Å². The molecule has 6 heteroatoms. The highest BCUT2D eigenvalue weighted by Gasteiger charge is 2.25. The van der Waals surface area contributed by atoms with Crippen LogP contribution in [0.15, 0.2) is 47.2 Å². The molecule has 2 aliphatic rings. The number of fused-ring (bicyclic) bond motifs is 5. The largest absolute Gasteiger partial charge is 0.445 e. The van der Waals surface area contributed by atoms with Crippen LogP contribution in [0, 0.1) is 0 Å². The van der Waals surface area contributed by atoms with Crippen LogP contribution in [0.1, 0.15) is 28.8 Å². The van der Waals surface area contributed by atoms with E-state index in [4.69, 9.17) is 9.15 Å². The van der Waals surface area contributed by atoms with Crippen molar-refractivity contribution < 1.29 is 13.9 Å². The molecule has 6 rings (SSSR count). The molecule has 0 unspecified atom stereocenters. The molecule has 158 valence electrons. The van der Waals surface area contributed by atoms with Crippen LogP contribution in [0.4, 0.5) is 0 Å². The van der Waals surface area contributed by atoms with E-state index in [-0.39, 0.29) is 5.78 Å². The van der Waals surface area contributed by atoms with E-state index in [1.54, 1.807) is 12.5 Å². The lowest BCUT2D eigenvalue weighted by Gasteiger charge is -2.26. The summed E-state index contributed by atoms with van der Waals surface area (Å²) >= 11 is 0. The number of Topliss-reactive ketones (excluding diaryl/α,β-unsaturated/α-hetero) is 1. The fourth-order valence-corrected chi connectivity index (χ4v) is 5.17. The molecule has 0 amide bonds. The highest BCUT2D eigenvalue weighted by atomic mass is 16.5. The van der Waals surface area contributed by atoms with Crippen molar-refractivity contribution in [3.63, 3.8) is 0 Å². The predicted molar refractivity (Wildman–Crippen MR) is 119 cm³/mol. The molecule has 2 aromatic carbocycles. The number of aryl methyl sites for hydroxylation is 2. The van der Waals surface area contributed by atoms with Crippen LogP contribution >= 0.6 is 0 Å². The second-order valence-corrected chi connectivity index (χ2v) is 8.44. The van der Waals surface area contributed by atoms with Crippen molar-refractivity contribution in [3.8, 4) is 11.5 Å². The molecule has 1 aliphatic carbocycles. The van der Waals surface area contributed by atoms with Crippen LogP contribution in [0.25, 0.3) is 33.3 Å². The van der Waals surface area contributed by atoms with Crippen molar-refractivity contribution in [1.82, 2.24) is 14.5 Å². The Hall–Kier alpha value is -2.96. The Bertz CT molecular complexity index is 1270. The monoisotopic (exact) mass is 415 g/mol. The van der Waals surface area contributed by atoms with Gasteiger partial charge in [0.15, 0.2) is 5.78 Å². The molecule has 0 atom stereocenters. The number of aromatic nitrogens is 2. The molecule has 1 fully saturated rings. The summed E-state index contributed by atoms with van der Waals surface area (Å²) in [6, 6.07) is 10.6. The van der Waals surface area contributed by atoms with Crippen LogP contribution in [0.3, 0.4) is 0 Å². The predicted octanol–water partition coefficient (Wildman–Crippen LogP) is 4.30. The molecule has 4 aromatic rings. The molecular weight excluding hydrogens is 390 g/mol. The fourth-order valence-electron chi connectivity index (χ4n) is 5.17. The standard InChI is InChI=1S/C25H25N3O3/c29-23-7-4-19-18(23)3-6-22-24(19)20-16-17(25-26-8-13-31-25)2-5-21(20)28(22)10-1-9-27-11-14-30-15-12-27/h2-3,5-6,8,13,16H,1,4,7,9-12,14-15H2. The van der Waals surface area contributed by atoms with Gasteiger partial charge in [-0.1, -0.05) is 0 Å². The van der Waals surface area contributed by atoms with Gasteiger partial charge in [0.2, 0.25) is 5.89 Å². The molecule has 0 N–H and O–H groups in total. The highest BCUT2D eigenvalue weighted by molar-refractivity contribution is 6.15. The van der Waals surface area contributed by atoms with Gasteiger partial charge in [-0.15, -0.1) is 0 Å². The third kappa shape index (κ3) is 3.18. The molecule has 3 heterocycles. The van der Waals surface area contributed by atoms with Crippen LogP contribution in [-0.2, 0) is 17.7 Å². The van der Waals surface area contributed by atoms with Crippen molar-refractivity contribution in [2.75, 3.05) is 32.8 Å². The van der Waals surface area contributed by atoms with Crippen LogP contribution in [-0.4, -0.2) is 53.1 Å². The average molecular weight is 415 g/mol. The minimum atomic E-state index is 0.258. The van der Waals surface area contributed by atoms with Crippen molar-refractivity contribution in [2.24, 2.45) is 0 Å². The maximum atomic E-state index is 12.4. The maximum absolute atomic E-state index is 12.4. The molecule has 0 spiro atoms. The van der Waals surface area contributed by atoms with Crippen molar-refractivity contribution in [2.45, 2.75) is 25.8 Å². The van der Waals surface area contributed by atoms with Crippen LogP contribution < -0.4 is 0 Å². The van der Waals surface area contributed by atoms with Crippen molar-refractivity contribution >= 4 is 27.6 Å². The van der Waals surface area contributed by atoms with E-state index in [0.717, 1.165) is 63.4 Å². The number of benzene rings is 2. The Morgan fingerprint density at radius 2 is 1.87 bits per heavy atom. The van der Waals surface area contributed by atoms with Gasteiger partial charge in [-0.25, -0.2) is 4.98 Å². The number of oxazole rings is 1. The number of rotatable bonds is 5. The van der Waals surface area contributed by atoms with Gasteiger partial charge in [0, 0.05) is 65.5 Å². The first kappa shape index (κ1) is 18.8. The van der Waals surface area contributed by atoms with E-state index in [1.165, 1.54) is 27.4 Å². The zero-order chi connectivity index (χ0) is 20.8. The van der Waals surface area contributed by atoms with E-state index in [2.05, 4.69) is 38.7 Å². The second kappa shape index (κ2) is 7.62. The summed E-state index contributed by atoms with van der Waals surface area (Å²) in [5.41, 5.74) is 5.48. The Morgan fingerprint density at radius 3 is 2.71 bits per heavy atom. The molecular formula is C25H25N3O3. The van der Waals surface area contributed by atoms with Gasteiger partial charge in [-0.05, 0) is 48.7 Å². The lowest BCUT2D eigenvalue weighted by atomic mass is 10.0. The summed E-state index contributed by atoms with van der Waals surface area (Å²) in [5.74, 6) is 0.882. The summed E-state index contributed by atoms with van der Waals surface area (Å²) < 4.78 is 13.4. The second-order valence-electron chi connectivity index (χ2n) is 8.44. The molecule has 0 radical (unpaired) electrons.